The Bertz CT molecular complexity index is 1320. The molecule has 9 nitrogen and oxygen atoms in total. The molecule has 0 aliphatic heterocycles. The Labute approximate surface area is 218 Å². The van der Waals surface area contributed by atoms with E-state index in [2.05, 4.69) is 21.3 Å². The molecule has 1 aliphatic carbocycles. The Morgan fingerprint density at radius 2 is 1.92 bits per heavy atom. The van der Waals surface area contributed by atoms with E-state index in [1.54, 1.807) is 37.4 Å². The summed E-state index contributed by atoms with van der Waals surface area (Å²) in [7, 11) is 3.11. The normalized spacial score (nSPS) is 14.6. The molecule has 1 fully saturated rings. The highest BCUT2D eigenvalue weighted by Crippen LogP contribution is 2.49. The van der Waals surface area contributed by atoms with Crippen molar-refractivity contribution in [3.8, 4) is 0 Å². The van der Waals surface area contributed by atoms with E-state index >= 15 is 0 Å². The van der Waals surface area contributed by atoms with Crippen molar-refractivity contribution >= 4 is 46.2 Å². The summed E-state index contributed by atoms with van der Waals surface area (Å²) in [6.45, 7) is 0.380. The fourth-order valence-electron chi connectivity index (χ4n) is 4.41. The molecule has 2 aromatic carbocycles. The number of nitrogens with one attached hydrogen (secondary N) is 4. The molecule has 37 heavy (non-hydrogen) atoms. The monoisotopic (exact) mass is 529 g/mol. The van der Waals surface area contributed by atoms with E-state index in [-0.39, 0.29) is 28.6 Å². The summed E-state index contributed by atoms with van der Waals surface area (Å²) in [5.41, 5.74) is 1.06. The van der Waals surface area contributed by atoms with Gasteiger partial charge in [0.2, 0.25) is 5.91 Å². The molecule has 3 aromatic rings. The van der Waals surface area contributed by atoms with Crippen LogP contribution in [-0.4, -0.2) is 49.3 Å². The van der Waals surface area contributed by atoms with E-state index in [0.29, 0.717) is 29.6 Å². The maximum atomic E-state index is 14.3. The van der Waals surface area contributed by atoms with Gasteiger partial charge < -0.3 is 26.0 Å². The fraction of sp³-hybridized carbons (Fsp3) is 0.346. The van der Waals surface area contributed by atoms with Crippen molar-refractivity contribution in [3.05, 3.63) is 65.1 Å². The highest BCUT2D eigenvalue weighted by atomic mass is 35.5. The number of benzene rings is 2. The van der Waals surface area contributed by atoms with Crippen LogP contribution < -0.4 is 21.3 Å². The van der Waals surface area contributed by atoms with E-state index in [4.69, 9.17) is 16.3 Å². The van der Waals surface area contributed by atoms with Crippen LogP contribution in [0.15, 0.2) is 48.7 Å². The van der Waals surface area contributed by atoms with Crippen molar-refractivity contribution in [2.45, 2.75) is 31.8 Å². The molecule has 196 valence electrons. The van der Waals surface area contributed by atoms with Crippen molar-refractivity contribution in [2.24, 2.45) is 5.41 Å². The van der Waals surface area contributed by atoms with Gasteiger partial charge in [-0.2, -0.15) is 0 Å². The molecule has 1 aliphatic rings. The Kier molecular flexibility index (Phi) is 7.99. The number of methoxy groups -OCH3 is 1. The van der Waals surface area contributed by atoms with Gasteiger partial charge in [0, 0.05) is 37.8 Å². The van der Waals surface area contributed by atoms with Crippen molar-refractivity contribution in [1.29, 1.82) is 0 Å². The molecule has 4 amide bonds. The summed E-state index contributed by atoms with van der Waals surface area (Å²) in [6, 6.07) is 9.84. The molecule has 1 saturated carbocycles. The number of nitrogens with zero attached hydrogens (tertiary/aromatic N) is 1. The predicted octanol–water partition coefficient (Wildman–Crippen LogP) is 4.24. The summed E-state index contributed by atoms with van der Waals surface area (Å²) in [5.74, 6) is -1.05. The quantitative estimate of drug-likeness (QED) is 0.332. The molecule has 4 N–H and O–H groups in total. The van der Waals surface area contributed by atoms with Crippen LogP contribution in [0, 0.1) is 11.2 Å². The first kappa shape index (κ1) is 26.4. The summed E-state index contributed by atoms with van der Waals surface area (Å²) < 4.78 is 21.0. The lowest BCUT2D eigenvalue weighted by molar-refractivity contribution is -0.123. The Hall–Kier alpha value is -3.63. The Balaban J connectivity index is 1.50. The van der Waals surface area contributed by atoms with Gasteiger partial charge in [-0.3, -0.25) is 9.36 Å². The number of fused-ring (bicyclic) bond motifs is 1. The molecular weight excluding hydrogens is 501 g/mol. The first-order chi connectivity index (χ1) is 17.8. The zero-order valence-corrected chi connectivity index (χ0v) is 21.3. The molecule has 0 unspecified atom stereocenters. The van der Waals surface area contributed by atoms with Gasteiger partial charge in [-0.25, -0.2) is 14.0 Å². The van der Waals surface area contributed by atoms with Crippen LogP contribution in [0.3, 0.4) is 0 Å². The van der Waals surface area contributed by atoms with E-state index in [1.165, 1.54) is 29.9 Å². The lowest BCUT2D eigenvalue weighted by Gasteiger charge is -2.23. The molecule has 0 bridgehead atoms. The standard InChI is InChI=1S/C26H29ClFN5O4/c1-29-25(36)33-14-20(17-7-3-4-9-21(17)33)32-24(35)31-19(12-26(10-11-26)15-37-2)23(34)30-13-16-6-5-8-18(27)22(16)28/h3-9,14,19H,10-13,15H2,1-2H3,(H,29,36)(H,30,34)(H2,31,32,35)/t19-/m0/s1. The second-order valence-electron chi connectivity index (χ2n) is 9.20. The smallest absolute Gasteiger partial charge is 0.325 e. The maximum Gasteiger partial charge on any atom is 0.325 e. The second kappa shape index (κ2) is 11.2. The Morgan fingerprint density at radius 3 is 2.62 bits per heavy atom. The van der Waals surface area contributed by atoms with Gasteiger partial charge in [0.1, 0.15) is 11.9 Å². The van der Waals surface area contributed by atoms with E-state index in [0.717, 1.165) is 12.8 Å². The minimum Gasteiger partial charge on any atom is -0.384 e. The lowest BCUT2D eigenvalue weighted by Crippen LogP contribution is -2.49. The van der Waals surface area contributed by atoms with E-state index in [9.17, 15) is 18.8 Å². The number of hydrogen-bond acceptors (Lipinski definition) is 4. The lowest BCUT2D eigenvalue weighted by atomic mass is 9.97. The summed E-state index contributed by atoms with van der Waals surface area (Å²) in [4.78, 5) is 38.5. The van der Waals surface area contributed by atoms with E-state index < -0.39 is 23.8 Å². The zero-order chi connectivity index (χ0) is 26.6. The van der Waals surface area contributed by atoms with Crippen LogP contribution in [0.25, 0.3) is 10.9 Å². The summed E-state index contributed by atoms with van der Waals surface area (Å²) in [6.07, 6.45) is 3.62. The van der Waals surface area contributed by atoms with Crippen molar-refractivity contribution in [2.75, 3.05) is 26.1 Å². The average molecular weight is 530 g/mol. The predicted molar refractivity (Wildman–Crippen MR) is 139 cm³/mol. The molecular formula is C26H29ClFN5O4. The molecule has 1 atom stereocenters. The van der Waals surface area contributed by atoms with Gasteiger partial charge in [0.25, 0.3) is 0 Å². The third-order valence-corrected chi connectivity index (χ3v) is 6.84. The van der Waals surface area contributed by atoms with Crippen molar-refractivity contribution < 1.29 is 23.5 Å². The number of amides is 4. The maximum absolute atomic E-state index is 14.3. The number of anilines is 1. The van der Waals surface area contributed by atoms with Crippen LogP contribution in [0.4, 0.5) is 19.7 Å². The molecule has 0 radical (unpaired) electrons. The number of rotatable bonds is 9. The van der Waals surface area contributed by atoms with Crippen LogP contribution in [0.5, 0.6) is 0 Å². The molecule has 0 saturated heterocycles. The van der Waals surface area contributed by atoms with Gasteiger partial charge in [0.05, 0.1) is 22.8 Å². The number of ether oxygens (including phenoxy) is 1. The number of halogens is 2. The summed E-state index contributed by atoms with van der Waals surface area (Å²) in [5, 5.41) is 11.4. The number of aromatic nitrogens is 1. The van der Waals surface area contributed by atoms with Gasteiger partial charge in [0.15, 0.2) is 0 Å². The molecule has 1 aromatic heterocycles. The van der Waals surface area contributed by atoms with Crippen LogP contribution in [0.1, 0.15) is 24.8 Å². The largest absolute Gasteiger partial charge is 0.384 e. The molecule has 4 rings (SSSR count). The molecule has 11 heteroatoms. The molecule has 1 heterocycles. The zero-order valence-electron chi connectivity index (χ0n) is 20.6. The van der Waals surface area contributed by atoms with E-state index in [1.807, 2.05) is 0 Å². The summed E-state index contributed by atoms with van der Waals surface area (Å²) >= 11 is 5.85. The average Bonchev–Trinajstić information content (AvgIpc) is 3.55. The number of urea groups is 1. The molecule has 0 spiro atoms. The van der Waals surface area contributed by atoms with Crippen LogP contribution in [0.2, 0.25) is 5.02 Å². The number of hydrogen-bond donors (Lipinski definition) is 4. The first-order valence-electron chi connectivity index (χ1n) is 11.9. The third-order valence-electron chi connectivity index (χ3n) is 6.54. The second-order valence-corrected chi connectivity index (χ2v) is 9.61. The Morgan fingerprint density at radius 1 is 1.16 bits per heavy atom. The van der Waals surface area contributed by atoms with Crippen LogP contribution >= 0.6 is 11.6 Å². The minimum absolute atomic E-state index is 0.0336. The fourth-order valence-corrected chi connectivity index (χ4v) is 4.60. The van der Waals surface area contributed by atoms with Gasteiger partial charge in [-0.05, 0) is 36.8 Å². The van der Waals surface area contributed by atoms with Gasteiger partial charge in [-0.15, -0.1) is 0 Å². The van der Waals surface area contributed by atoms with Crippen molar-refractivity contribution in [3.63, 3.8) is 0 Å². The number of carbonyl (C=O) groups is 3. The SMILES string of the molecule is CNC(=O)n1cc(NC(=O)N[C@@H](CC2(COC)CC2)C(=O)NCc2cccc(Cl)c2F)c2ccccc21. The highest BCUT2D eigenvalue weighted by Gasteiger charge is 2.46. The highest BCUT2D eigenvalue weighted by molar-refractivity contribution is 6.30. The number of carbonyl (C=O) groups excluding carboxylic acids is 3. The minimum atomic E-state index is -0.896. The van der Waals surface area contributed by atoms with Gasteiger partial charge in [-0.1, -0.05) is 41.9 Å². The van der Waals surface area contributed by atoms with Crippen LogP contribution in [-0.2, 0) is 16.1 Å². The number of para-hydroxylation sites is 1. The third kappa shape index (κ3) is 6.03. The van der Waals surface area contributed by atoms with Crippen molar-refractivity contribution in [1.82, 2.24) is 20.5 Å². The first-order valence-corrected chi connectivity index (χ1v) is 12.2. The topological polar surface area (TPSA) is 113 Å². The van der Waals surface area contributed by atoms with Gasteiger partial charge >= 0.3 is 12.1 Å².